The highest BCUT2D eigenvalue weighted by atomic mass is 16.6. The van der Waals surface area contributed by atoms with Crippen LogP contribution < -0.4 is 4.74 Å². The summed E-state index contributed by atoms with van der Waals surface area (Å²) >= 11 is 0. The molecular weight excluding hydrogens is 394 g/mol. The largest absolute Gasteiger partial charge is 0.482 e. The summed E-state index contributed by atoms with van der Waals surface area (Å²) in [5.74, 6) is -0.205. The molecule has 0 aliphatic carbocycles. The predicted octanol–water partition coefficient (Wildman–Crippen LogP) is 3.53. The van der Waals surface area contributed by atoms with Crippen LogP contribution in [0, 0.1) is 10.1 Å². The summed E-state index contributed by atoms with van der Waals surface area (Å²) in [7, 11) is 0. The first kappa shape index (κ1) is 20.6. The third-order valence-electron chi connectivity index (χ3n) is 4.02. The molecule has 0 bridgehead atoms. The molecule has 2 aromatic carbocycles. The fraction of sp³-hybridized carbons (Fsp3) is 0.200. The number of carbonyl (C=O) groups is 2. The zero-order valence-electron chi connectivity index (χ0n) is 16.1. The van der Waals surface area contributed by atoms with Crippen LogP contribution in [0.15, 0.2) is 52.9 Å². The summed E-state index contributed by atoms with van der Waals surface area (Å²) in [5, 5.41) is 18.4. The lowest BCUT2D eigenvalue weighted by molar-refractivity contribution is -0.384. The first-order valence-corrected chi connectivity index (χ1v) is 8.85. The van der Waals surface area contributed by atoms with Gasteiger partial charge in [-0.15, -0.1) is 10.2 Å². The second kappa shape index (κ2) is 8.95. The van der Waals surface area contributed by atoms with Gasteiger partial charge in [0, 0.05) is 23.3 Å². The molecule has 0 amide bonds. The first-order valence-electron chi connectivity index (χ1n) is 8.85. The SMILES string of the molecule is CC(=O)c1cccc(OCC(=O)O[C@@H](C)c2nnc(-c3ccc([N+](=O)[O-])cc3)o2)c1. The van der Waals surface area contributed by atoms with Gasteiger partial charge in [-0.3, -0.25) is 14.9 Å². The molecule has 3 aromatic rings. The Labute approximate surface area is 170 Å². The van der Waals surface area contributed by atoms with Gasteiger partial charge in [-0.05, 0) is 38.1 Å². The van der Waals surface area contributed by atoms with Crippen LogP contribution in [-0.4, -0.2) is 33.5 Å². The van der Waals surface area contributed by atoms with E-state index in [0.717, 1.165) is 0 Å². The topological polar surface area (TPSA) is 135 Å². The van der Waals surface area contributed by atoms with Crippen LogP contribution in [0.3, 0.4) is 0 Å². The van der Waals surface area contributed by atoms with E-state index in [-0.39, 0.29) is 29.9 Å². The molecule has 0 saturated heterocycles. The summed E-state index contributed by atoms with van der Waals surface area (Å²) in [6, 6.07) is 12.1. The number of non-ortho nitro benzene ring substituents is 1. The average Bonchev–Trinajstić information content (AvgIpc) is 3.23. The summed E-state index contributed by atoms with van der Waals surface area (Å²) < 4.78 is 16.1. The van der Waals surface area contributed by atoms with Gasteiger partial charge < -0.3 is 13.9 Å². The van der Waals surface area contributed by atoms with Crippen molar-refractivity contribution in [1.82, 2.24) is 10.2 Å². The van der Waals surface area contributed by atoms with Gasteiger partial charge >= 0.3 is 5.97 Å². The van der Waals surface area contributed by atoms with Crippen LogP contribution in [0.1, 0.15) is 36.2 Å². The highest BCUT2D eigenvalue weighted by molar-refractivity contribution is 5.94. The zero-order valence-corrected chi connectivity index (χ0v) is 16.1. The van der Waals surface area contributed by atoms with E-state index in [0.29, 0.717) is 16.9 Å². The summed E-state index contributed by atoms with van der Waals surface area (Å²) in [6.07, 6.45) is -0.830. The maximum atomic E-state index is 12.0. The van der Waals surface area contributed by atoms with E-state index in [1.807, 2.05) is 0 Å². The van der Waals surface area contributed by atoms with Crippen molar-refractivity contribution in [3.63, 3.8) is 0 Å². The van der Waals surface area contributed by atoms with Crippen molar-refractivity contribution in [3.05, 3.63) is 70.1 Å². The van der Waals surface area contributed by atoms with Crippen LogP contribution in [0.5, 0.6) is 5.75 Å². The van der Waals surface area contributed by atoms with Crippen LogP contribution in [-0.2, 0) is 9.53 Å². The standard InChI is InChI=1S/C20H17N3O7/c1-12(24)15-4-3-5-17(10-15)28-11-18(25)29-13(2)19-21-22-20(30-19)14-6-8-16(9-7-14)23(26)27/h3-10,13H,11H2,1-2H3/t13-/m0/s1. The number of nitro benzene ring substituents is 1. The van der Waals surface area contributed by atoms with Gasteiger partial charge in [-0.1, -0.05) is 12.1 Å². The third-order valence-corrected chi connectivity index (χ3v) is 4.02. The van der Waals surface area contributed by atoms with Crippen molar-refractivity contribution >= 4 is 17.4 Å². The Bertz CT molecular complexity index is 1080. The number of aromatic nitrogens is 2. The van der Waals surface area contributed by atoms with Crippen LogP contribution in [0.25, 0.3) is 11.5 Å². The minimum Gasteiger partial charge on any atom is -0.482 e. The molecule has 1 aromatic heterocycles. The van der Waals surface area contributed by atoms with Crippen LogP contribution in [0.2, 0.25) is 0 Å². The molecule has 30 heavy (non-hydrogen) atoms. The molecule has 0 spiro atoms. The lowest BCUT2D eigenvalue weighted by Gasteiger charge is -2.10. The Morgan fingerprint density at radius 1 is 1.17 bits per heavy atom. The number of Topliss-reactive ketones (excluding diaryl/α,β-unsaturated/α-hetero) is 1. The van der Waals surface area contributed by atoms with Crippen molar-refractivity contribution in [2.24, 2.45) is 0 Å². The van der Waals surface area contributed by atoms with Crippen molar-refractivity contribution in [2.45, 2.75) is 20.0 Å². The van der Waals surface area contributed by atoms with Gasteiger partial charge in [0.25, 0.3) is 11.6 Å². The molecule has 0 unspecified atom stereocenters. The maximum absolute atomic E-state index is 12.0. The normalized spacial score (nSPS) is 11.5. The van der Waals surface area contributed by atoms with Crippen molar-refractivity contribution < 1.29 is 28.4 Å². The number of hydrogen-bond acceptors (Lipinski definition) is 9. The van der Waals surface area contributed by atoms with Gasteiger partial charge in [0.15, 0.2) is 18.5 Å². The smallest absolute Gasteiger partial charge is 0.344 e. The number of benzene rings is 2. The molecule has 0 radical (unpaired) electrons. The molecule has 10 heteroatoms. The van der Waals surface area contributed by atoms with E-state index >= 15 is 0 Å². The van der Waals surface area contributed by atoms with E-state index in [2.05, 4.69) is 10.2 Å². The lowest BCUT2D eigenvalue weighted by Crippen LogP contribution is -2.17. The molecule has 10 nitrogen and oxygen atoms in total. The second-order valence-corrected chi connectivity index (χ2v) is 6.25. The Balaban J connectivity index is 1.57. The molecular formula is C20H17N3O7. The number of hydrogen-bond donors (Lipinski definition) is 0. The highest BCUT2D eigenvalue weighted by Gasteiger charge is 2.20. The Kier molecular flexibility index (Phi) is 6.16. The lowest BCUT2D eigenvalue weighted by atomic mass is 10.1. The average molecular weight is 411 g/mol. The molecule has 1 heterocycles. The van der Waals surface area contributed by atoms with Gasteiger partial charge in [0.05, 0.1) is 4.92 Å². The number of nitrogens with zero attached hydrogens (tertiary/aromatic N) is 3. The minimum absolute atomic E-state index is 0.0605. The Morgan fingerprint density at radius 3 is 2.57 bits per heavy atom. The molecule has 0 fully saturated rings. The van der Waals surface area contributed by atoms with Gasteiger partial charge in [0.2, 0.25) is 5.89 Å². The third kappa shape index (κ3) is 5.04. The molecule has 0 N–H and O–H groups in total. The van der Waals surface area contributed by atoms with Crippen molar-refractivity contribution in [2.75, 3.05) is 6.61 Å². The fourth-order valence-corrected chi connectivity index (χ4v) is 2.47. The Hall–Kier alpha value is -4.08. The van der Waals surface area contributed by atoms with Crippen molar-refractivity contribution in [3.8, 4) is 17.2 Å². The Morgan fingerprint density at radius 2 is 1.90 bits per heavy atom. The van der Waals surface area contributed by atoms with E-state index in [1.165, 1.54) is 37.3 Å². The van der Waals surface area contributed by atoms with E-state index in [4.69, 9.17) is 13.9 Å². The number of ether oxygens (including phenoxy) is 2. The van der Waals surface area contributed by atoms with Gasteiger partial charge in [-0.25, -0.2) is 4.79 Å². The maximum Gasteiger partial charge on any atom is 0.344 e. The number of carbonyl (C=O) groups excluding carboxylic acids is 2. The quantitative estimate of drug-likeness (QED) is 0.236. The summed E-state index contributed by atoms with van der Waals surface area (Å²) in [6.45, 7) is 2.63. The molecule has 154 valence electrons. The first-order chi connectivity index (χ1) is 14.3. The zero-order chi connectivity index (χ0) is 21.7. The van der Waals surface area contributed by atoms with Crippen LogP contribution >= 0.6 is 0 Å². The number of nitro groups is 1. The van der Waals surface area contributed by atoms with Gasteiger partial charge in [0.1, 0.15) is 5.75 Å². The minimum atomic E-state index is -0.830. The van der Waals surface area contributed by atoms with E-state index in [1.54, 1.807) is 25.1 Å². The monoisotopic (exact) mass is 411 g/mol. The van der Waals surface area contributed by atoms with Crippen LogP contribution in [0.4, 0.5) is 5.69 Å². The highest BCUT2D eigenvalue weighted by Crippen LogP contribution is 2.24. The molecule has 0 aliphatic heterocycles. The number of ketones is 1. The molecule has 0 saturated carbocycles. The summed E-state index contributed by atoms with van der Waals surface area (Å²) in [5.41, 5.74) is 0.903. The predicted molar refractivity (Wildman–Crippen MR) is 103 cm³/mol. The second-order valence-electron chi connectivity index (χ2n) is 6.25. The number of rotatable bonds is 8. The molecule has 3 rings (SSSR count). The van der Waals surface area contributed by atoms with E-state index in [9.17, 15) is 19.7 Å². The molecule has 1 atom stereocenters. The summed E-state index contributed by atoms with van der Waals surface area (Å²) in [4.78, 5) is 33.6. The van der Waals surface area contributed by atoms with Gasteiger partial charge in [-0.2, -0.15) is 0 Å². The molecule has 0 aliphatic rings. The number of esters is 1. The van der Waals surface area contributed by atoms with E-state index < -0.39 is 17.0 Å². The van der Waals surface area contributed by atoms with Crippen molar-refractivity contribution in [1.29, 1.82) is 0 Å². The fourth-order valence-electron chi connectivity index (χ4n) is 2.47.